The van der Waals surface area contributed by atoms with Gasteiger partial charge >= 0.3 is 17.9 Å². The number of carbonyl (C=O) groups excluding carboxylic acids is 10. The molecule has 10 amide bonds. The molecular formula is C48H70N12O18S2. The molecule has 1 saturated carbocycles. The maximum absolute atomic E-state index is 14.0. The van der Waals surface area contributed by atoms with Crippen molar-refractivity contribution in [2.45, 2.75) is 145 Å². The third-order valence-corrected chi connectivity index (χ3v) is 13.4. The van der Waals surface area contributed by atoms with Crippen LogP contribution in [0.5, 0.6) is 0 Å². The predicted molar refractivity (Wildman–Crippen MR) is 287 cm³/mol. The summed E-state index contributed by atoms with van der Waals surface area (Å²) in [7, 11) is 0. The normalized spacial score (nSPS) is 16.6. The summed E-state index contributed by atoms with van der Waals surface area (Å²) < 4.78 is 0. The van der Waals surface area contributed by atoms with E-state index in [9.17, 15) is 87.9 Å². The number of amides is 10. The fourth-order valence-electron chi connectivity index (χ4n) is 8.36. The van der Waals surface area contributed by atoms with Crippen molar-refractivity contribution in [3.63, 3.8) is 0 Å². The van der Waals surface area contributed by atoms with E-state index in [1.165, 1.54) is 6.20 Å². The second-order valence-electron chi connectivity index (χ2n) is 19.1. The van der Waals surface area contributed by atoms with E-state index in [0.29, 0.717) is 16.5 Å². The Hall–Kier alpha value is -7.55. The molecule has 0 spiro atoms. The van der Waals surface area contributed by atoms with Gasteiger partial charge in [0.1, 0.15) is 48.3 Å². The van der Waals surface area contributed by atoms with Gasteiger partial charge in [-0.3, -0.25) is 57.5 Å². The van der Waals surface area contributed by atoms with Crippen LogP contribution in [0.4, 0.5) is 0 Å². The van der Waals surface area contributed by atoms with Gasteiger partial charge in [0, 0.05) is 35.0 Å². The third-order valence-electron chi connectivity index (χ3n) is 12.6. The highest BCUT2D eigenvalue weighted by Gasteiger charge is 2.38. The van der Waals surface area contributed by atoms with Crippen molar-refractivity contribution in [1.82, 2.24) is 52.8 Å². The number of H-pyrrole nitrogens is 1. The molecule has 1 heterocycles. The van der Waals surface area contributed by atoms with Gasteiger partial charge < -0.3 is 89.8 Å². The van der Waals surface area contributed by atoms with Crippen LogP contribution in [0, 0.1) is 5.92 Å². The fraction of sp³-hybridized carbons (Fsp3) is 0.562. The molecule has 80 heavy (non-hydrogen) atoms. The van der Waals surface area contributed by atoms with Crippen LogP contribution in [0.15, 0.2) is 30.5 Å². The number of rotatable bonds is 33. The minimum absolute atomic E-state index is 0.0283. The summed E-state index contributed by atoms with van der Waals surface area (Å²) in [5.74, 6) is -17.0. The highest BCUT2D eigenvalue weighted by atomic mass is 32.1. The van der Waals surface area contributed by atoms with Crippen molar-refractivity contribution in [2.24, 2.45) is 17.4 Å². The largest absolute Gasteiger partial charge is 0.481 e. The van der Waals surface area contributed by atoms with Crippen LogP contribution in [0.2, 0.25) is 0 Å². The first-order valence-electron chi connectivity index (χ1n) is 25.2. The average molecular weight is 1170 g/mol. The van der Waals surface area contributed by atoms with Crippen molar-refractivity contribution >= 4 is 113 Å². The molecule has 30 nitrogen and oxygen atoms in total. The molecule has 1 aromatic carbocycles. The SMILES string of the molecule is C[C@@H](O)[C@H](NC(=O)[C@H](Cc1c[nH]c2ccccc12)NC(=O)[C@H](CC(=O)O)NC(=O)[C@H](CC(=O)O)NC(=O)[C@@H](NC(=O)[C@H](CC(N)=O)NC(=O)CNC(=O)[C@H](CC1CCCCC1)NC(=O)[C@@H](N)CS)[C@@H](C)O)C(=O)N[C@@H](CS)C(=O)O. The van der Waals surface area contributed by atoms with Crippen LogP contribution in [0.1, 0.15) is 77.2 Å². The van der Waals surface area contributed by atoms with Crippen LogP contribution in [0.3, 0.4) is 0 Å². The van der Waals surface area contributed by atoms with E-state index in [1.807, 2.05) is 10.6 Å². The van der Waals surface area contributed by atoms with Crippen LogP contribution in [0.25, 0.3) is 10.9 Å². The van der Waals surface area contributed by atoms with Gasteiger partial charge in [-0.25, -0.2) is 4.79 Å². The molecule has 1 aliphatic carbocycles. The summed E-state index contributed by atoms with van der Waals surface area (Å²) >= 11 is 7.90. The highest BCUT2D eigenvalue weighted by molar-refractivity contribution is 7.80. The molecule has 1 aliphatic rings. The lowest BCUT2D eigenvalue weighted by atomic mass is 9.84. The van der Waals surface area contributed by atoms with Gasteiger partial charge in [-0.1, -0.05) is 50.3 Å². The smallest absolute Gasteiger partial charge is 0.327 e. The highest BCUT2D eigenvalue weighted by Crippen LogP contribution is 2.27. The van der Waals surface area contributed by atoms with Crippen molar-refractivity contribution in [2.75, 3.05) is 18.1 Å². The first-order chi connectivity index (χ1) is 37.6. The molecule has 32 heteroatoms. The van der Waals surface area contributed by atoms with E-state index in [4.69, 9.17) is 11.5 Å². The molecule has 442 valence electrons. The number of carboxylic acid groups (broad SMARTS) is 3. The topological polar surface area (TPSA) is 499 Å². The molecule has 0 aliphatic heterocycles. The second-order valence-corrected chi connectivity index (χ2v) is 19.8. The van der Waals surface area contributed by atoms with Crippen LogP contribution >= 0.6 is 25.3 Å². The third kappa shape index (κ3) is 21.6. The molecule has 1 aromatic heterocycles. The van der Waals surface area contributed by atoms with Crippen molar-refractivity contribution < 1.29 is 87.9 Å². The summed E-state index contributed by atoms with van der Waals surface area (Å²) in [6, 6.07) is -9.02. The van der Waals surface area contributed by atoms with E-state index < -0.39 is 182 Å². The number of primary amides is 1. The summed E-state index contributed by atoms with van der Waals surface area (Å²) in [5, 5.41) is 70.5. The first-order valence-corrected chi connectivity index (χ1v) is 26.4. The molecule has 0 unspecified atom stereocenters. The maximum Gasteiger partial charge on any atom is 0.327 e. The van der Waals surface area contributed by atoms with Gasteiger partial charge in [-0.05, 0) is 37.8 Å². The Morgan fingerprint density at radius 3 is 1.56 bits per heavy atom. The van der Waals surface area contributed by atoms with E-state index in [-0.39, 0.29) is 18.1 Å². The number of nitrogens with two attached hydrogens (primary N) is 2. The van der Waals surface area contributed by atoms with Crippen LogP contribution in [-0.2, 0) is 68.7 Å². The van der Waals surface area contributed by atoms with Gasteiger partial charge in [-0.15, -0.1) is 0 Å². The lowest BCUT2D eigenvalue weighted by molar-refractivity contribution is -0.144. The Kier molecular flexibility index (Phi) is 27.1. The summed E-state index contributed by atoms with van der Waals surface area (Å²) in [5.41, 5.74) is 12.1. The molecule has 11 atom stereocenters. The molecule has 19 N–H and O–H groups in total. The van der Waals surface area contributed by atoms with Gasteiger partial charge in [-0.2, -0.15) is 25.3 Å². The number of nitrogens with one attached hydrogen (secondary N) is 10. The number of hydrogen-bond acceptors (Lipinski definition) is 18. The quantitative estimate of drug-likeness (QED) is 0.0297. The zero-order valence-electron chi connectivity index (χ0n) is 43.6. The number of carbonyl (C=O) groups is 13. The molecular weight excluding hydrogens is 1100 g/mol. The van der Waals surface area contributed by atoms with Crippen LogP contribution in [-0.4, -0.2) is 192 Å². The van der Waals surface area contributed by atoms with Gasteiger partial charge in [0.2, 0.25) is 59.1 Å². The first kappa shape index (κ1) is 66.7. The zero-order chi connectivity index (χ0) is 60.0. The number of aromatic nitrogens is 1. The van der Waals surface area contributed by atoms with E-state index in [1.54, 1.807) is 24.3 Å². The molecule has 3 rings (SSSR count). The Morgan fingerprint density at radius 2 is 1.06 bits per heavy atom. The molecule has 1 fully saturated rings. The summed E-state index contributed by atoms with van der Waals surface area (Å²) in [6.07, 6.45) is -1.26. The van der Waals surface area contributed by atoms with Gasteiger partial charge in [0.15, 0.2) is 0 Å². The van der Waals surface area contributed by atoms with Crippen molar-refractivity contribution in [1.29, 1.82) is 0 Å². The number of aliphatic hydroxyl groups excluding tert-OH is 2. The lowest BCUT2D eigenvalue weighted by Gasteiger charge is -2.28. The summed E-state index contributed by atoms with van der Waals surface area (Å²) in [6.45, 7) is 1.25. The number of aliphatic hydroxyl groups is 2. The molecule has 0 saturated heterocycles. The van der Waals surface area contributed by atoms with E-state index >= 15 is 0 Å². The number of carboxylic acids is 3. The summed E-state index contributed by atoms with van der Waals surface area (Å²) in [4.78, 5) is 172. The Bertz CT molecular complexity index is 2580. The maximum atomic E-state index is 14.0. The monoisotopic (exact) mass is 1170 g/mol. The Balaban J connectivity index is 1.84. The number of aliphatic carboxylic acids is 3. The molecule has 0 bridgehead atoms. The lowest BCUT2D eigenvalue weighted by Crippen LogP contribution is -2.62. The predicted octanol–water partition coefficient (Wildman–Crippen LogP) is -5.47. The van der Waals surface area contributed by atoms with Gasteiger partial charge in [0.05, 0.1) is 44.1 Å². The zero-order valence-corrected chi connectivity index (χ0v) is 45.4. The van der Waals surface area contributed by atoms with E-state index in [0.717, 1.165) is 46.0 Å². The Morgan fingerprint density at radius 1 is 0.588 bits per heavy atom. The average Bonchev–Trinajstić information content (AvgIpc) is 3.81. The van der Waals surface area contributed by atoms with Crippen LogP contribution < -0.4 is 59.3 Å². The number of thiol groups is 2. The Labute approximate surface area is 468 Å². The fourth-order valence-corrected chi connectivity index (χ4v) is 8.78. The van der Waals surface area contributed by atoms with Crippen molar-refractivity contribution in [3.05, 3.63) is 36.0 Å². The van der Waals surface area contributed by atoms with E-state index in [2.05, 4.69) is 67.5 Å². The minimum atomic E-state index is -2.21. The van der Waals surface area contributed by atoms with Gasteiger partial charge in [0.25, 0.3) is 0 Å². The minimum Gasteiger partial charge on any atom is -0.481 e. The number of aromatic amines is 1. The standard InChI is InChI=1S/C48H70N12O18S2/c1-21(61)38(60-45(74)30(14-34(50)63)53-35(64)18-52-41(70)28(54-40(69)26(49)19-79)12-23-8-4-3-5-9-23)46(75)57-32(16-37(67)68)43(72)56-31(15-36(65)66)42(71)55-29(13-24-17-51-27-11-7-6-10-25(24)27)44(73)59-39(22(2)62)47(76)58-33(20-80)48(77)78/h6-7,10-11,17,21-23,26,28-33,38-39,51,61-62,79-80H,3-5,8-9,12-16,18-20,49H2,1-2H3,(H2,50,63)(H,52,70)(H,53,64)(H,54,69)(H,55,71)(H,56,72)(H,57,75)(H,58,76)(H,59,73)(H,60,74)(H,65,66)(H,67,68)(H,77,78)/t21-,22-,26+,28+,29+,30+,31+,32+,33+,38+,39+/m1/s1. The number of hydrogen-bond donors (Lipinski definition) is 19. The number of benzene rings is 1. The van der Waals surface area contributed by atoms with Crippen molar-refractivity contribution in [3.8, 4) is 0 Å². The number of fused-ring (bicyclic) bond motifs is 1. The molecule has 2 aromatic rings. The molecule has 0 radical (unpaired) electrons. The number of para-hydroxylation sites is 1. The second kappa shape index (κ2) is 32.5.